The molecule has 2 nitrogen and oxygen atoms in total. The van der Waals surface area contributed by atoms with Crippen LogP contribution in [0.2, 0.25) is 0 Å². The average molecular weight is 193 g/mol. The summed E-state index contributed by atoms with van der Waals surface area (Å²) in [6.07, 6.45) is 2.56. The lowest BCUT2D eigenvalue weighted by Crippen LogP contribution is -2.37. The van der Waals surface area contributed by atoms with E-state index < -0.39 is 0 Å². The minimum Gasteiger partial charge on any atom is -0.396 e. The lowest BCUT2D eigenvalue weighted by atomic mass is 9.91. The smallest absolute Gasteiger partial charge is 0.0448 e. The summed E-state index contributed by atoms with van der Waals surface area (Å²) in [6.45, 7) is 2.16. The number of aliphatic hydroxyl groups is 1. The summed E-state index contributed by atoms with van der Waals surface area (Å²) >= 11 is 0. The highest BCUT2D eigenvalue weighted by molar-refractivity contribution is 5.15. The van der Waals surface area contributed by atoms with E-state index in [0.29, 0.717) is 6.42 Å². The van der Waals surface area contributed by atoms with Crippen LogP contribution in [0.15, 0.2) is 30.3 Å². The number of nitrogens with two attached hydrogens (primary N) is 1. The third-order valence-electron chi connectivity index (χ3n) is 2.51. The Kier molecular flexibility index (Phi) is 4.11. The van der Waals surface area contributed by atoms with E-state index in [-0.39, 0.29) is 12.1 Å². The first kappa shape index (κ1) is 11.2. The second-order valence-corrected chi connectivity index (χ2v) is 4.11. The van der Waals surface area contributed by atoms with Gasteiger partial charge in [-0.3, -0.25) is 0 Å². The highest BCUT2D eigenvalue weighted by atomic mass is 16.3. The number of hydrogen-bond donors (Lipinski definition) is 2. The fraction of sp³-hybridized carbons (Fsp3) is 0.500. The Morgan fingerprint density at radius 3 is 2.43 bits per heavy atom. The molecule has 1 aromatic rings. The zero-order valence-corrected chi connectivity index (χ0v) is 8.74. The predicted molar refractivity (Wildman–Crippen MR) is 59.1 cm³/mol. The summed E-state index contributed by atoms with van der Waals surface area (Å²) in [5.74, 6) is 0. The van der Waals surface area contributed by atoms with Gasteiger partial charge < -0.3 is 10.8 Å². The summed E-state index contributed by atoms with van der Waals surface area (Å²) in [5.41, 5.74) is 7.08. The van der Waals surface area contributed by atoms with E-state index in [4.69, 9.17) is 10.8 Å². The largest absolute Gasteiger partial charge is 0.396 e. The molecular formula is C12H19NO. The molecule has 0 spiro atoms. The minimum absolute atomic E-state index is 0.168. The Hall–Kier alpha value is -0.860. The molecule has 14 heavy (non-hydrogen) atoms. The van der Waals surface area contributed by atoms with Gasteiger partial charge in [-0.1, -0.05) is 30.3 Å². The Morgan fingerprint density at radius 2 is 1.86 bits per heavy atom. The van der Waals surface area contributed by atoms with Gasteiger partial charge in [0.05, 0.1) is 0 Å². The minimum atomic E-state index is -0.245. The van der Waals surface area contributed by atoms with Crippen molar-refractivity contribution in [1.29, 1.82) is 0 Å². The van der Waals surface area contributed by atoms with Gasteiger partial charge in [-0.2, -0.15) is 0 Å². The van der Waals surface area contributed by atoms with Gasteiger partial charge in [0.25, 0.3) is 0 Å². The fourth-order valence-corrected chi connectivity index (χ4v) is 1.45. The van der Waals surface area contributed by atoms with Crippen LogP contribution in [-0.2, 0) is 6.42 Å². The van der Waals surface area contributed by atoms with Crippen LogP contribution >= 0.6 is 0 Å². The molecule has 1 atom stereocenters. The molecule has 0 amide bonds. The Bertz CT molecular complexity index is 256. The van der Waals surface area contributed by atoms with Crippen LogP contribution in [0.3, 0.4) is 0 Å². The van der Waals surface area contributed by atoms with Gasteiger partial charge >= 0.3 is 0 Å². The van der Waals surface area contributed by atoms with Crippen molar-refractivity contribution in [2.75, 3.05) is 6.61 Å². The standard InChI is InChI=1S/C12H19NO/c1-12(13,9-10-14)8-7-11-5-3-2-4-6-11/h2-6,14H,7-10,13H2,1H3. The molecule has 1 aromatic carbocycles. The quantitative estimate of drug-likeness (QED) is 0.748. The predicted octanol–water partition coefficient (Wildman–Crippen LogP) is 1.72. The van der Waals surface area contributed by atoms with Crippen LogP contribution in [0, 0.1) is 0 Å². The first-order valence-electron chi connectivity index (χ1n) is 5.08. The molecule has 0 fully saturated rings. The van der Waals surface area contributed by atoms with E-state index in [1.165, 1.54) is 5.56 Å². The van der Waals surface area contributed by atoms with Gasteiger partial charge in [0.15, 0.2) is 0 Å². The number of rotatable bonds is 5. The van der Waals surface area contributed by atoms with E-state index in [1.54, 1.807) is 0 Å². The van der Waals surface area contributed by atoms with E-state index in [2.05, 4.69) is 12.1 Å². The van der Waals surface area contributed by atoms with Gasteiger partial charge in [0, 0.05) is 12.1 Å². The maximum absolute atomic E-state index is 8.82. The Labute approximate surface area is 85.8 Å². The van der Waals surface area contributed by atoms with Gasteiger partial charge in [-0.25, -0.2) is 0 Å². The van der Waals surface area contributed by atoms with E-state index >= 15 is 0 Å². The molecule has 0 bridgehead atoms. The second-order valence-electron chi connectivity index (χ2n) is 4.11. The molecule has 0 aliphatic rings. The van der Waals surface area contributed by atoms with Gasteiger partial charge in [0.1, 0.15) is 0 Å². The van der Waals surface area contributed by atoms with Gasteiger partial charge in [0.2, 0.25) is 0 Å². The average Bonchev–Trinajstić information content (AvgIpc) is 2.17. The van der Waals surface area contributed by atoms with Crippen molar-refractivity contribution in [2.24, 2.45) is 5.73 Å². The number of aryl methyl sites for hydroxylation is 1. The number of benzene rings is 1. The van der Waals surface area contributed by atoms with Crippen molar-refractivity contribution in [2.45, 2.75) is 31.7 Å². The second kappa shape index (κ2) is 5.13. The maximum Gasteiger partial charge on any atom is 0.0448 e. The molecule has 0 aromatic heterocycles. The van der Waals surface area contributed by atoms with Crippen LogP contribution in [0.25, 0.3) is 0 Å². The molecule has 78 valence electrons. The monoisotopic (exact) mass is 193 g/mol. The number of aliphatic hydroxyl groups excluding tert-OH is 1. The molecule has 0 aliphatic carbocycles. The van der Waals surface area contributed by atoms with Gasteiger partial charge in [-0.15, -0.1) is 0 Å². The third-order valence-corrected chi connectivity index (χ3v) is 2.51. The van der Waals surface area contributed by atoms with Crippen molar-refractivity contribution in [1.82, 2.24) is 0 Å². The molecule has 0 heterocycles. The maximum atomic E-state index is 8.82. The molecular weight excluding hydrogens is 174 g/mol. The number of hydrogen-bond acceptors (Lipinski definition) is 2. The molecule has 0 saturated carbocycles. The SMILES string of the molecule is CC(N)(CCO)CCc1ccccc1. The lowest BCUT2D eigenvalue weighted by molar-refractivity contribution is 0.240. The fourth-order valence-electron chi connectivity index (χ4n) is 1.45. The summed E-state index contributed by atoms with van der Waals surface area (Å²) in [6, 6.07) is 10.3. The summed E-state index contributed by atoms with van der Waals surface area (Å²) in [7, 11) is 0. The zero-order valence-electron chi connectivity index (χ0n) is 8.74. The zero-order chi connectivity index (χ0) is 10.4. The molecule has 0 saturated heterocycles. The first-order chi connectivity index (χ1) is 6.64. The third kappa shape index (κ3) is 3.90. The van der Waals surface area contributed by atoms with Crippen molar-refractivity contribution in [3.8, 4) is 0 Å². The molecule has 0 aliphatic heterocycles. The lowest BCUT2D eigenvalue weighted by Gasteiger charge is -2.23. The van der Waals surface area contributed by atoms with Crippen LogP contribution in [0.5, 0.6) is 0 Å². The highest BCUT2D eigenvalue weighted by Gasteiger charge is 2.16. The van der Waals surface area contributed by atoms with E-state index in [1.807, 2.05) is 25.1 Å². The molecule has 3 N–H and O–H groups in total. The van der Waals surface area contributed by atoms with Crippen LogP contribution in [0.1, 0.15) is 25.3 Å². The van der Waals surface area contributed by atoms with Crippen molar-refractivity contribution >= 4 is 0 Å². The van der Waals surface area contributed by atoms with Crippen molar-refractivity contribution in [3.63, 3.8) is 0 Å². The van der Waals surface area contributed by atoms with Crippen molar-refractivity contribution < 1.29 is 5.11 Å². The normalized spacial score (nSPS) is 15.1. The van der Waals surface area contributed by atoms with Crippen LogP contribution in [0.4, 0.5) is 0 Å². The summed E-state index contributed by atoms with van der Waals surface area (Å²) in [4.78, 5) is 0. The van der Waals surface area contributed by atoms with Crippen LogP contribution in [-0.4, -0.2) is 17.3 Å². The molecule has 1 unspecified atom stereocenters. The Balaban J connectivity index is 2.40. The van der Waals surface area contributed by atoms with E-state index in [0.717, 1.165) is 12.8 Å². The molecule has 2 heteroatoms. The van der Waals surface area contributed by atoms with E-state index in [9.17, 15) is 0 Å². The first-order valence-corrected chi connectivity index (χ1v) is 5.08. The molecule has 1 rings (SSSR count). The van der Waals surface area contributed by atoms with Crippen molar-refractivity contribution in [3.05, 3.63) is 35.9 Å². The Morgan fingerprint density at radius 1 is 1.21 bits per heavy atom. The van der Waals surface area contributed by atoms with Gasteiger partial charge in [-0.05, 0) is 31.7 Å². The summed E-state index contributed by atoms with van der Waals surface area (Å²) in [5, 5.41) is 8.82. The highest BCUT2D eigenvalue weighted by Crippen LogP contribution is 2.14. The van der Waals surface area contributed by atoms with Crippen LogP contribution < -0.4 is 5.73 Å². The molecule has 0 radical (unpaired) electrons. The summed E-state index contributed by atoms with van der Waals surface area (Å²) < 4.78 is 0. The topological polar surface area (TPSA) is 46.2 Å².